The number of hydrogen-bond acceptors (Lipinski definition) is 2. The second-order valence-corrected chi connectivity index (χ2v) is 21.3. The second kappa shape index (κ2) is 16.6. The SMILES string of the molecule is CC1(C)c2cc(-c3ccc(N(c4ccccc4)c4ccc5c6c4ccc4cccc(c46)n5-c4ccccc4)cc3)ccc2-c2ccc(N(c3ccccc3)c3ccc4c5c3ccc3cccc(c35)n4-c3ccccc3)cc21. The van der Waals surface area contributed by atoms with Crippen LogP contribution in [0.4, 0.5) is 34.1 Å². The smallest absolute Gasteiger partial charge is 0.0548 e. The summed E-state index contributed by atoms with van der Waals surface area (Å²) >= 11 is 0. The third kappa shape index (κ3) is 6.39. The number of hydrogen-bond donors (Lipinski definition) is 0. The molecule has 0 aliphatic heterocycles. The summed E-state index contributed by atoms with van der Waals surface area (Å²) in [7, 11) is 0. The van der Waals surface area contributed by atoms with Crippen LogP contribution in [-0.4, -0.2) is 9.13 Å². The molecule has 4 heteroatoms. The molecular weight excluding hydrogens is 933 g/mol. The molecule has 0 N–H and O–H groups in total. The number of rotatable bonds is 9. The Bertz CT molecular complexity index is 4740. The molecule has 1 aliphatic carbocycles. The van der Waals surface area contributed by atoms with E-state index in [4.69, 9.17) is 0 Å². The van der Waals surface area contributed by atoms with Crippen molar-refractivity contribution >= 4 is 99.3 Å². The molecule has 2 heterocycles. The summed E-state index contributed by atoms with van der Waals surface area (Å²) in [6.45, 7) is 4.80. The van der Waals surface area contributed by atoms with E-state index >= 15 is 0 Å². The predicted molar refractivity (Wildman–Crippen MR) is 325 cm³/mol. The van der Waals surface area contributed by atoms with E-state index in [1.165, 1.54) is 104 Å². The molecular formula is C73H50N4. The molecule has 362 valence electrons. The molecule has 0 amide bonds. The highest BCUT2D eigenvalue weighted by molar-refractivity contribution is 6.28. The zero-order chi connectivity index (χ0) is 50.9. The molecule has 4 nitrogen and oxygen atoms in total. The summed E-state index contributed by atoms with van der Waals surface area (Å²) in [5.74, 6) is 0. The number of para-hydroxylation sites is 4. The van der Waals surface area contributed by atoms with Gasteiger partial charge in [-0.3, -0.25) is 0 Å². The molecule has 77 heavy (non-hydrogen) atoms. The Morgan fingerprint density at radius 2 is 0.714 bits per heavy atom. The van der Waals surface area contributed by atoms with Gasteiger partial charge < -0.3 is 18.9 Å². The topological polar surface area (TPSA) is 16.3 Å². The number of anilines is 6. The highest BCUT2D eigenvalue weighted by atomic mass is 15.2. The van der Waals surface area contributed by atoms with E-state index in [1.54, 1.807) is 0 Å². The summed E-state index contributed by atoms with van der Waals surface area (Å²) in [5.41, 5.74) is 21.4. The average Bonchev–Trinajstić information content (AvgIpc) is 4.23. The Hall–Kier alpha value is -9.90. The van der Waals surface area contributed by atoms with E-state index in [0.29, 0.717) is 0 Å². The monoisotopic (exact) mass is 982 g/mol. The lowest BCUT2D eigenvalue weighted by molar-refractivity contribution is 0.660. The van der Waals surface area contributed by atoms with Crippen molar-refractivity contribution in [1.82, 2.24) is 9.13 Å². The molecule has 0 fully saturated rings. The van der Waals surface area contributed by atoms with Gasteiger partial charge in [0.05, 0.1) is 33.4 Å². The maximum Gasteiger partial charge on any atom is 0.0548 e. The van der Waals surface area contributed by atoms with Gasteiger partial charge in [-0.2, -0.15) is 0 Å². The summed E-state index contributed by atoms with van der Waals surface area (Å²) < 4.78 is 4.84. The molecule has 1 aliphatic rings. The van der Waals surface area contributed by atoms with Crippen molar-refractivity contribution in [2.24, 2.45) is 0 Å². The van der Waals surface area contributed by atoms with Crippen LogP contribution in [0.3, 0.4) is 0 Å². The van der Waals surface area contributed by atoms with Gasteiger partial charge in [0.15, 0.2) is 0 Å². The Balaban J connectivity index is 0.775. The van der Waals surface area contributed by atoms with E-state index in [0.717, 1.165) is 39.8 Å². The van der Waals surface area contributed by atoms with Crippen molar-refractivity contribution in [2.45, 2.75) is 19.3 Å². The number of benzene rings is 13. The number of fused-ring (bicyclic) bond motifs is 3. The maximum absolute atomic E-state index is 2.47. The molecule has 15 aromatic rings. The van der Waals surface area contributed by atoms with Gasteiger partial charge in [-0.05, 0) is 159 Å². The molecule has 13 aromatic carbocycles. The van der Waals surface area contributed by atoms with Gasteiger partial charge in [0.1, 0.15) is 0 Å². The van der Waals surface area contributed by atoms with Crippen molar-refractivity contribution in [3.05, 3.63) is 278 Å². The lowest BCUT2D eigenvalue weighted by Gasteiger charge is -2.29. The molecule has 0 saturated carbocycles. The highest BCUT2D eigenvalue weighted by Gasteiger charge is 2.37. The van der Waals surface area contributed by atoms with Gasteiger partial charge in [0.25, 0.3) is 0 Å². The zero-order valence-electron chi connectivity index (χ0n) is 42.7. The fraction of sp³-hybridized carbons (Fsp3) is 0.0411. The van der Waals surface area contributed by atoms with Crippen LogP contribution in [0, 0.1) is 0 Å². The van der Waals surface area contributed by atoms with Gasteiger partial charge in [-0.1, -0.05) is 166 Å². The third-order valence-corrected chi connectivity index (χ3v) is 16.8. The number of aromatic nitrogens is 2. The van der Waals surface area contributed by atoms with Crippen LogP contribution in [0.15, 0.2) is 267 Å². The largest absolute Gasteiger partial charge is 0.310 e. The summed E-state index contributed by atoms with van der Waals surface area (Å²) in [4.78, 5) is 4.89. The Morgan fingerprint density at radius 1 is 0.299 bits per heavy atom. The summed E-state index contributed by atoms with van der Waals surface area (Å²) in [5, 5.41) is 10.1. The minimum Gasteiger partial charge on any atom is -0.310 e. The lowest BCUT2D eigenvalue weighted by Crippen LogP contribution is -2.17. The molecule has 0 unspecified atom stereocenters. The average molecular weight is 983 g/mol. The fourth-order valence-electron chi connectivity index (χ4n) is 13.3. The van der Waals surface area contributed by atoms with Crippen molar-refractivity contribution in [2.75, 3.05) is 9.80 Å². The molecule has 16 rings (SSSR count). The van der Waals surface area contributed by atoms with Gasteiger partial charge in [-0.25, -0.2) is 0 Å². The zero-order valence-corrected chi connectivity index (χ0v) is 42.7. The van der Waals surface area contributed by atoms with E-state index < -0.39 is 0 Å². The van der Waals surface area contributed by atoms with Gasteiger partial charge in [0.2, 0.25) is 0 Å². The Morgan fingerprint density at radius 3 is 1.23 bits per heavy atom. The molecule has 0 spiro atoms. The van der Waals surface area contributed by atoms with Gasteiger partial charge in [-0.15, -0.1) is 0 Å². The fourth-order valence-corrected chi connectivity index (χ4v) is 13.3. The molecule has 0 bridgehead atoms. The minimum atomic E-state index is -0.254. The summed E-state index contributed by atoms with van der Waals surface area (Å²) in [6, 6.07) is 98.5. The molecule has 0 radical (unpaired) electrons. The van der Waals surface area contributed by atoms with E-state index in [9.17, 15) is 0 Å². The first kappa shape index (κ1) is 43.5. The van der Waals surface area contributed by atoms with Crippen molar-refractivity contribution < 1.29 is 0 Å². The van der Waals surface area contributed by atoms with Gasteiger partial charge in [0, 0.05) is 71.9 Å². The second-order valence-electron chi connectivity index (χ2n) is 21.3. The van der Waals surface area contributed by atoms with Crippen LogP contribution in [0.25, 0.3) is 98.8 Å². The molecule has 0 saturated heterocycles. The Kier molecular flexibility index (Phi) is 9.35. The van der Waals surface area contributed by atoms with Crippen LogP contribution in [0.5, 0.6) is 0 Å². The van der Waals surface area contributed by atoms with Crippen LogP contribution < -0.4 is 9.80 Å². The van der Waals surface area contributed by atoms with Crippen LogP contribution in [-0.2, 0) is 5.41 Å². The molecule has 2 aromatic heterocycles. The lowest BCUT2D eigenvalue weighted by atomic mass is 9.81. The van der Waals surface area contributed by atoms with E-state index in [2.05, 4.69) is 300 Å². The third-order valence-electron chi connectivity index (χ3n) is 16.8. The number of nitrogens with zero attached hydrogens (tertiary/aromatic N) is 4. The summed E-state index contributed by atoms with van der Waals surface area (Å²) in [6.07, 6.45) is 0. The normalized spacial score (nSPS) is 12.9. The van der Waals surface area contributed by atoms with Crippen molar-refractivity contribution in [3.63, 3.8) is 0 Å². The van der Waals surface area contributed by atoms with Crippen molar-refractivity contribution in [3.8, 4) is 33.6 Å². The van der Waals surface area contributed by atoms with Crippen LogP contribution >= 0.6 is 0 Å². The van der Waals surface area contributed by atoms with Gasteiger partial charge >= 0.3 is 0 Å². The van der Waals surface area contributed by atoms with Crippen LogP contribution in [0.1, 0.15) is 25.0 Å². The minimum absolute atomic E-state index is 0.254. The van der Waals surface area contributed by atoms with E-state index in [1.807, 2.05) is 0 Å². The quantitative estimate of drug-likeness (QED) is 0.134. The van der Waals surface area contributed by atoms with E-state index in [-0.39, 0.29) is 5.41 Å². The van der Waals surface area contributed by atoms with Crippen molar-refractivity contribution in [1.29, 1.82) is 0 Å². The first-order valence-electron chi connectivity index (χ1n) is 26.8. The first-order valence-corrected chi connectivity index (χ1v) is 26.8. The molecule has 0 atom stereocenters. The highest BCUT2D eigenvalue weighted by Crippen LogP contribution is 2.53. The Labute approximate surface area is 446 Å². The predicted octanol–water partition coefficient (Wildman–Crippen LogP) is 20.0. The maximum atomic E-state index is 2.47. The first-order chi connectivity index (χ1) is 38.0. The standard InChI is InChI=1S/C73H50N4/c1-73(2)61-45-50(47-29-34-55(35-30-47)74(51-19-7-3-8-20-51)63-41-43-67-71-59(63)38-31-48-17-15-27-65(69(48)71)76(67)53-23-11-5-12-24-53)33-37-57(61)58-40-36-56(46-62(58)73)75(52-21-9-4-10-22-52)64-42-44-68-72-60(64)39-32-49-18-16-28-66(70(49)72)77(68)54-25-13-6-14-26-54/h3-46H,1-2H3. The van der Waals surface area contributed by atoms with Crippen LogP contribution in [0.2, 0.25) is 0 Å².